The second-order valence-corrected chi connectivity index (χ2v) is 7.40. The highest BCUT2D eigenvalue weighted by Crippen LogP contribution is 2.29. The molecule has 1 N–H and O–H groups in total. The van der Waals surface area contributed by atoms with Crippen LogP contribution in [-0.2, 0) is 14.3 Å². The lowest BCUT2D eigenvalue weighted by Gasteiger charge is -2.17. The summed E-state index contributed by atoms with van der Waals surface area (Å²) in [6, 6.07) is 4.61. The molecule has 0 radical (unpaired) electrons. The summed E-state index contributed by atoms with van der Waals surface area (Å²) in [5, 5.41) is 2.27. The normalized spacial score (nSPS) is 15.7. The van der Waals surface area contributed by atoms with Crippen LogP contribution < -0.4 is 14.8 Å². The Morgan fingerprint density at radius 3 is 2.55 bits per heavy atom. The number of nitrogens with one attached hydrogen (secondary N) is 1. The van der Waals surface area contributed by atoms with E-state index in [0.29, 0.717) is 29.6 Å². The van der Waals surface area contributed by atoms with Crippen molar-refractivity contribution in [2.45, 2.75) is 46.0 Å². The number of imide groups is 1. The van der Waals surface area contributed by atoms with Crippen LogP contribution in [0, 0.1) is 5.92 Å². The molecule has 8 heteroatoms. The van der Waals surface area contributed by atoms with E-state index in [2.05, 4.69) is 19.2 Å². The van der Waals surface area contributed by atoms with Crippen molar-refractivity contribution in [2.75, 3.05) is 27.4 Å². The Labute approximate surface area is 183 Å². The van der Waals surface area contributed by atoms with Gasteiger partial charge in [-0.3, -0.25) is 19.8 Å². The summed E-state index contributed by atoms with van der Waals surface area (Å²) >= 11 is 0. The second kappa shape index (κ2) is 12.0. The molecule has 1 aromatic rings. The Morgan fingerprint density at radius 2 is 1.90 bits per heavy atom. The van der Waals surface area contributed by atoms with E-state index in [-0.39, 0.29) is 24.6 Å². The van der Waals surface area contributed by atoms with E-state index in [1.807, 2.05) is 0 Å². The molecule has 31 heavy (non-hydrogen) atoms. The van der Waals surface area contributed by atoms with Gasteiger partial charge >= 0.3 is 12.0 Å². The fraction of sp³-hybridized carbons (Fsp3) is 0.522. The monoisotopic (exact) mass is 432 g/mol. The third-order valence-electron chi connectivity index (χ3n) is 5.26. The van der Waals surface area contributed by atoms with Crippen LogP contribution in [0.5, 0.6) is 11.5 Å². The van der Waals surface area contributed by atoms with E-state index in [4.69, 9.17) is 14.2 Å². The first kappa shape index (κ1) is 24.2. The minimum atomic E-state index is -0.557. The van der Waals surface area contributed by atoms with Crippen molar-refractivity contribution in [1.29, 1.82) is 0 Å². The van der Waals surface area contributed by atoms with Gasteiger partial charge in [-0.05, 0) is 36.1 Å². The summed E-state index contributed by atoms with van der Waals surface area (Å²) in [7, 11) is 3.05. The molecule has 1 saturated heterocycles. The zero-order valence-corrected chi connectivity index (χ0v) is 18.7. The molecule has 8 nitrogen and oxygen atoms in total. The van der Waals surface area contributed by atoms with Gasteiger partial charge in [0.2, 0.25) is 0 Å². The predicted octanol–water partition coefficient (Wildman–Crippen LogP) is 3.75. The summed E-state index contributed by atoms with van der Waals surface area (Å²) in [5.74, 6) is 0.512. The van der Waals surface area contributed by atoms with Gasteiger partial charge in [0, 0.05) is 6.54 Å². The molecule has 2 rings (SSSR count). The van der Waals surface area contributed by atoms with E-state index in [0.717, 1.165) is 25.7 Å². The third-order valence-corrected chi connectivity index (χ3v) is 5.26. The summed E-state index contributed by atoms with van der Waals surface area (Å²) < 4.78 is 15.9. The summed E-state index contributed by atoms with van der Waals surface area (Å²) in [5.41, 5.74) is 0.825. The lowest BCUT2D eigenvalue weighted by molar-refractivity contribution is -0.145. The van der Waals surface area contributed by atoms with Gasteiger partial charge in [-0.15, -0.1) is 0 Å². The number of urea groups is 1. The molecule has 1 aromatic carbocycles. The quantitative estimate of drug-likeness (QED) is 0.307. The van der Waals surface area contributed by atoms with Gasteiger partial charge in [0.15, 0.2) is 11.5 Å². The summed E-state index contributed by atoms with van der Waals surface area (Å²) in [4.78, 5) is 37.9. The first-order valence-corrected chi connectivity index (χ1v) is 10.7. The van der Waals surface area contributed by atoms with Crippen LogP contribution in [0.1, 0.15) is 51.5 Å². The Bertz CT molecular complexity index is 820. The Kier molecular flexibility index (Phi) is 9.37. The first-order chi connectivity index (χ1) is 14.9. The predicted molar refractivity (Wildman–Crippen MR) is 117 cm³/mol. The lowest BCUT2D eigenvalue weighted by Crippen LogP contribution is -2.30. The molecule has 1 heterocycles. The van der Waals surface area contributed by atoms with Crippen molar-refractivity contribution >= 4 is 24.0 Å². The number of carbonyl (C=O) groups excluding carboxylic acids is 3. The van der Waals surface area contributed by atoms with Gasteiger partial charge in [-0.2, -0.15) is 0 Å². The number of rotatable bonds is 12. The molecule has 0 spiro atoms. The lowest BCUT2D eigenvalue weighted by atomic mass is 10.0. The highest BCUT2D eigenvalue weighted by Gasteiger charge is 2.33. The van der Waals surface area contributed by atoms with Gasteiger partial charge < -0.3 is 14.2 Å². The van der Waals surface area contributed by atoms with E-state index in [9.17, 15) is 14.4 Å². The van der Waals surface area contributed by atoms with Crippen molar-refractivity contribution in [2.24, 2.45) is 5.92 Å². The molecule has 0 saturated carbocycles. The largest absolute Gasteiger partial charge is 0.493 e. The van der Waals surface area contributed by atoms with Crippen molar-refractivity contribution in [3.8, 4) is 11.5 Å². The molecule has 0 bridgehead atoms. The number of ether oxygens (including phenoxy) is 3. The summed E-state index contributed by atoms with van der Waals surface area (Å²) in [6.07, 6.45) is 5.78. The molecule has 1 aliphatic heterocycles. The number of methoxy groups -OCH3 is 2. The number of benzene rings is 1. The number of esters is 1. The molecule has 1 aliphatic rings. The van der Waals surface area contributed by atoms with Crippen LogP contribution in [0.2, 0.25) is 0 Å². The zero-order valence-electron chi connectivity index (χ0n) is 18.7. The summed E-state index contributed by atoms with van der Waals surface area (Å²) in [6.45, 7) is 4.66. The minimum absolute atomic E-state index is 0.00812. The molecule has 1 unspecified atom stereocenters. The molecular weight excluding hydrogens is 400 g/mol. The highest BCUT2D eigenvalue weighted by molar-refractivity contribution is 6.14. The maximum absolute atomic E-state index is 12.3. The van der Waals surface area contributed by atoms with Crippen molar-refractivity contribution < 1.29 is 28.6 Å². The highest BCUT2D eigenvalue weighted by atomic mass is 16.5. The van der Waals surface area contributed by atoms with Gasteiger partial charge in [-0.25, -0.2) is 4.79 Å². The van der Waals surface area contributed by atoms with Gasteiger partial charge in [0.1, 0.15) is 5.70 Å². The third kappa shape index (κ3) is 6.73. The van der Waals surface area contributed by atoms with Gasteiger partial charge in [-0.1, -0.05) is 39.2 Å². The van der Waals surface area contributed by atoms with Gasteiger partial charge in [0.25, 0.3) is 5.91 Å². The molecular formula is C23H32N2O6. The fourth-order valence-corrected chi connectivity index (χ4v) is 3.31. The van der Waals surface area contributed by atoms with Gasteiger partial charge in [0.05, 0.1) is 27.2 Å². The van der Waals surface area contributed by atoms with E-state index in [1.165, 1.54) is 19.1 Å². The van der Waals surface area contributed by atoms with Crippen molar-refractivity contribution in [1.82, 2.24) is 10.2 Å². The Hall–Kier alpha value is -3.03. The van der Waals surface area contributed by atoms with E-state index < -0.39 is 11.9 Å². The molecule has 1 atom stereocenters. The minimum Gasteiger partial charge on any atom is -0.493 e. The van der Waals surface area contributed by atoms with Crippen LogP contribution in [0.3, 0.4) is 0 Å². The number of carbonyl (C=O) groups is 3. The number of hydrogen-bond acceptors (Lipinski definition) is 6. The maximum atomic E-state index is 12.3. The van der Waals surface area contributed by atoms with Crippen LogP contribution in [0.15, 0.2) is 23.9 Å². The molecule has 3 amide bonds. The fourth-order valence-electron chi connectivity index (χ4n) is 3.31. The van der Waals surface area contributed by atoms with Crippen molar-refractivity contribution in [3.63, 3.8) is 0 Å². The van der Waals surface area contributed by atoms with Crippen LogP contribution in [0.4, 0.5) is 4.79 Å². The van der Waals surface area contributed by atoms with Crippen molar-refractivity contribution in [3.05, 3.63) is 29.5 Å². The topological polar surface area (TPSA) is 94.2 Å². The van der Waals surface area contributed by atoms with Crippen LogP contribution >= 0.6 is 0 Å². The average Bonchev–Trinajstić information content (AvgIpc) is 3.04. The first-order valence-electron chi connectivity index (χ1n) is 10.7. The number of nitrogens with zero attached hydrogens (tertiary/aromatic N) is 1. The Morgan fingerprint density at radius 1 is 1.16 bits per heavy atom. The molecule has 1 fully saturated rings. The standard InChI is InChI=1S/C23H32N2O6/c1-5-7-8-16(6-2)15-31-21(26)11-12-25-18(22(27)24-23(25)28)13-17-9-10-19(29-3)20(14-17)30-4/h9-10,13-14,16H,5-8,11-12,15H2,1-4H3,(H,24,27,28). The van der Waals surface area contributed by atoms with E-state index >= 15 is 0 Å². The molecule has 0 aliphatic carbocycles. The zero-order chi connectivity index (χ0) is 22.8. The smallest absolute Gasteiger partial charge is 0.329 e. The van der Waals surface area contributed by atoms with Crippen LogP contribution in [-0.4, -0.2) is 50.2 Å². The molecule has 0 aromatic heterocycles. The maximum Gasteiger partial charge on any atom is 0.329 e. The average molecular weight is 433 g/mol. The SMILES string of the molecule is CCCCC(CC)COC(=O)CCN1C(=O)NC(=O)C1=Cc1ccc(OC)c(OC)c1. The van der Waals surface area contributed by atoms with Crippen LogP contribution in [0.25, 0.3) is 6.08 Å². The Balaban J connectivity index is 2.02. The second-order valence-electron chi connectivity index (χ2n) is 7.40. The van der Waals surface area contributed by atoms with E-state index in [1.54, 1.807) is 24.3 Å². The number of amides is 3. The number of unbranched alkanes of at least 4 members (excludes halogenated alkanes) is 1. The number of hydrogen-bond donors (Lipinski definition) is 1. The molecule has 170 valence electrons.